The molecule has 1 aliphatic heterocycles. The predicted molar refractivity (Wildman–Crippen MR) is 101 cm³/mol. The van der Waals surface area contributed by atoms with Gasteiger partial charge in [-0.3, -0.25) is 14.9 Å². The third-order valence-corrected chi connectivity index (χ3v) is 4.91. The molecular formula is C18H15ClN2O4S. The molecule has 2 N–H and O–H groups in total. The van der Waals surface area contributed by atoms with Crippen molar-refractivity contribution in [2.24, 2.45) is 0 Å². The number of ether oxygens (including phenoxy) is 2. The number of carbonyl (C=O) groups is 2. The fourth-order valence-corrected chi connectivity index (χ4v) is 3.38. The highest BCUT2D eigenvalue weighted by atomic mass is 35.5. The van der Waals surface area contributed by atoms with Crippen molar-refractivity contribution in [2.75, 3.05) is 19.5 Å². The zero-order valence-corrected chi connectivity index (χ0v) is 15.5. The Hall–Kier alpha value is -2.64. The standard InChI is InChI=1S/C18H15ClN2O4S/c1-24-13-8-7-12(9-14(13)25-2)26-16-15(17(22)21-18(16)23)20-11-5-3-10(19)4-6-11/h3-9H,1-2H3,(H2,20,21,22,23). The van der Waals surface area contributed by atoms with Crippen LogP contribution in [0, 0.1) is 0 Å². The van der Waals surface area contributed by atoms with Crippen LogP contribution in [0.25, 0.3) is 0 Å². The quantitative estimate of drug-likeness (QED) is 0.736. The number of anilines is 1. The van der Waals surface area contributed by atoms with Gasteiger partial charge in [0.25, 0.3) is 11.8 Å². The first kappa shape index (κ1) is 18.2. The summed E-state index contributed by atoms with van der Waals surface area (Å²) < 4.78 is 10.5. The van der Waals surface area contributed by atoms with Crippen LogP contribution in [0.3, 0.4) is 0 Å². The maximum absolute atomic E-state index is 12.2. The Labute approximate surface area is 159 Å². The summed E-state index contributed by atoms with van der Waals surface area (Å²) in [7, 11) is 3.08. The van der Waals surface area contributed by atoms with Crippen molar-refractivity contribution < 1.29 is 19.1 Å². The number of thioether (sulfide) groups is 1. The fraction of sp³-hybridized carbons (Fsp3) is 0.111. The zero-order chi connectivity index (χ0) is 18.7. The summed E-state index contributed by atoms with van der Waals surface area (Å²) in [6.45, 7) is 0. The highest BCUT2D eigenvalue weighted by Crippen LogP contribution is 2.37. The summed E-state index contributed by atoms with van der Waals surface area (Å²) in [5, 5.41) is 5.86. The van der Waals surface area contributed by atoms with Gasteiger partial charge in [0.15, 0.2) is 11.5 Å². The van der Waals surface area contributed by atoms with Crippen molar-refractivity contribution in [3.8, 4) is 11.5 Å². The molecule has 0 unspecified atom stereocenters. The Morgan fingerprint density at radius 2 is 1.65 bits per heavy atom. The van der Waals surface area contributed by atoms with Crippen molar-refractivity contribution in [3.63, 3.8) is 0 Å². The molecule has 0 saturated heterocycles. The first-order valence-electron chi connectivity index (χ1n) is 7.54. The SMILES string of the molecule is COc1ccc(SC2=C(Nc3ccc(Cl)cc3)C(=O)NC2=O)cc1OC. The zero-order valence-electron chi connectivity index (χ0n) is 14.0. The number of halogens is 1. The molecule has 1 aliphatic rings. The first-order chi connectivity index (χ1) is 12.5. The van der Waals surface area contributed by atoms with Crippen molar-refractivity contribution >= 4 is 40.9 Å². The number of hydrogen-bond acceptors (Lipinski definition) is 6. The average Bonchev–Trinajstić information content (AvgIpc) is 2.90. The van der Waals surface area contributed by atoms with Crippen LogP contribution in [0.15, 0.2) is 58.0 Å². The van der Waals surface area contributed by atoms with E-state index in [0.29, 0.717) is 22.2 Å². The van der Waals surface area contributed by atoms with Gasteiger partial charge >= 0.3 is 0 Å². The van der Waals surface area contributed by atoms with E-state index in [-0.39, 0.29) is 10.6 Å². The summed E-state index contributed by atoms with van der Waals surface area (Å²) in [5.74, 6) is 0.187. The van der Waals surface area contributed by atoms with Gasteiger partial charge in [0.2, 0.25) is 0 Å². The van der Waals surface area contributed by atoms with Crippen LogP contribution in [0.4, 0.5) is 5.69 Å². The second-order valence-electron chi connectivity index (χ2n) is 5.24. The van der Waals surface area contributed by atoms with E-state index >= 15 is 0 Å². The van der Waals surface area contributed by atoms with Gasteiger partial charge in [0, 0.05) is 15.6 Å². The molecule has 6 nitrogen and oxygen atoms in total. The van der Waals surface area contributed by atoms with E-state index in [1.807, 2.05) is 0 Å². The van der Waals surface area contributed by atoms with Gasteiger partial charge in [-0.1, -0.05) is 23.4 Å². The van der Waals surface area contributed by atoms with E-state index in [1.54, 1.807) is 49.6 Å². The molecule has 2 amide bonds. The molecule has 2 aromatic carbocycles. The van der Waals surface area contributed by atoms with Gasteiger partial charge in [-0.25, -0.2) is 0 Å². The molecule has 26 heavy (non-hydrogen) atoms. The van der Waals surface area contributed by atoms with Gasteiger partial charge in [-0.2, -0.15) is 0 Å². The molecule has 0 saturated carbocycles. The third-order valence-electron chi connectivity index (χ3n) is 3.58. The summed E-state index contributed by atoms with van der Waals surface area (Å²) in [6, 6.07) is 12.1. The highest BCUT2D eigenvalue weighted by Gasteiger charge is 2.31. The van der Waals surface area contributed by atoms with Crippen molar-refractivity contribution in [2.45, 2.75) is 4.90 Å². The second-order valence-corrected chi connectivity index (χ2v) is 6.76. The Morgan fingerprint density at radius 1 is 0.962 bits per heavy atom. The van der Waals surface area contributed by atoms with E-state index in [9.17, 15) is 9.59 Å². The first-order valence-corrected chi connectivity index (χ1v) is 8.73. The lowest BCUT2D eigenvalue weighted by Gasteiger charge is -2.10. The van der Waals surface area contributed by atoms with Crippen LogP contribution in [0.5, 0.6) is 11.5 Å². The molecule has 2 aromatic rings. The number of amides is 2. The fourth-order valence-electron chi connectivity index (χ4n) is 2.33. The number of nitrogens with one attached hydrogen (secondary N) is 2. The minimum atomic E-state index is -0.479. The van der Waals surface area contributed by atoms with E-state index in [2.05, 4.69) is 10.6 Å². The predicted octanol–water partition coefficient (Wildman–Crippen LogP) is 3.43. The van der Waals surface area contributed by atoms with Crippen LogP contribution in [-0.2, 0) is 9.59 Å². The van der Waals surface area contributed by atoms with E-state index in [0.717, 1.165) is 16.7 Å². The molecule has 0 radical (unpaired) electrons. The Balaban J connectivity index is 1.91. The molecule has 0 aromatic heterocycles. The topological polar surface area (TPSA) is 76.7 Å². The van der Waals surface area contributed by atoms with Gasteiger partial charge < -0.3 is 14.8 Å². The molecule has 0 atom stereocenters. The van der Waals surface area contributed by atoms with E-state index < -0.39 is 11.8 Å². The number of benzene rings is 2. The Bertz CT molecular complexity index is 897. The number of rotatable bonds is 6. The van der Waals surface area contributed by atoms with E-state index in [1.165, 1.54) is 7.11 Å². The smallest absolute Gasteiger partial charge is 0.275 e. The number of imide groups is 1. The van der Waals surface area contributed by atoms with Crippen LogP contribution in [0.1, 0.15) is 0 Å². The average molecular weight is 391 g/mol. The van der Waals surface area contributed by atoms with Gasteiger partial charge in [-0.05, 0) is 42.5 Å². The number of carbonyl (C=O) groups excluding carboxylic acids is 2. The summed E-state index contributed by atoms with van der Waals surface area (Å²) >= 11 is 7.03. The molecule has 134 valence electrons. The molecule has 3 rings (SSSR count). The lowest BCUT2D eigenvalue weighted by molar-refractivity contribution is -0.123. The normalized spacial score (nSPS) is 13.7. The van der Waals surface area contributed by atoms with E-state index in [4.69, 9.17) is 21.1 Å². The second kappa shape index (κ2) is 7.72. The number of hydrogen-bond donors (Lipinski definition) is 2. The monoisotopic (exact) mass is 390 g/mol. The largest absolute Gasteiger partial charge is 0.493 e. The van der Waals surface area contributed by atoms with Crippen molar-refractivity contribution in [1.29, 1.82) is 0 Å². The van der Waals surface area contributed by atoms with Crippen molar-refractivity contribution in [3.05, 3.63) is 58.1 Å². The lowest BCUT2D eigenvalue weighted by atomic mass is 10.3. The minimum Gasteiger partial charge on any atom is -0.493 e. The molecular weight excluding hydrogens is 376 g/mol. The van der Waals surface area contributed by atoms with Crippen LogP contribution in [0.2, 0.25) is 5.02 Å². The molecule has 0 fully saturated rings. The minimum absolute atomic E-state index is 0.192. The maximum Gasteiger partial charge on any atom is 0.275 e. The van der Waals surface area contributed by atoms with Gasteiger partial charge in [-0.15, -0.1) is 0 Å². The summed E-state index contributed by atoms with van der Waals surface area (Å²) in [4.78, 5) is 25.3. The lowest BCUT2D eigenvalue weighted by Crippen LogP contribution is -2.24. The maximum atomic E-state index is 12.2. The Kier molecular flexibility index (Phi) is 5.39. The van der Waals surface area contributed by atoms with Crippen LogP contribution < -0.4 is 20.1 Å². The Morgan fingerprint density at radius 3 is 2.31 bits per heavy atom. The van der Waals surface area contributed by atoms with Crippen LogP contribution in [-0.4, -0.2) is 26.0 Å². The summed E-state index contributed by atoms with van der Waals surface area (Å²) in [5.41, 5.74) is 0.844. The third kappa shape index (κ3) is 3.79. The highest BCUT2D eigenvalue weighted by molar-refractivity contribution is 8.04. The molecule has 0 bridgehead atoms. The number of methoxy groups -OCH3 is 2. The molecule has 0 spiro atoms. The summed E-state index contributed by atoms with van der Waals surface area (Å²) in [6.07, 6.45) is 0. The molecule has 8 heteroatoms. The van der Waals surface area contributed by atoms with Gasteiger partial charge in [0.05, 0.1) is 14.2 Å². The van der Waals surface area contributed by atoms with Crippen molar-refractivity contribution in [1.82, 2.24) is 5.32 Å². The molecule has 0 aliphatic carbocycles. The van der Waals surface area contributed by atoms with Gasteiger partial charge in [0.1, 0.15) is 10.6 Å². The van der Waals surface area contributed by atoms with Crippen LogP contribution >= 0.6 is 23.4 Å². The molecule has 1 heterocycles.